The van der Waals surface area contributed by atoms with Gasteiger partial charge in [-0.2, -0.15) is 5.10 Å². The van der Waals surface area contributed by atoms with Crippen molar-refractivity contribution in [2.45, 2.75) is 89.8 Å². The summed E-state index contributed by atoms with van der Waals surface area (Å²) < 4.78 is 37.5. The summed E-state index contributed by atoms with van der Waals surface area (Å²) >= 11 is 6.50. The number of hydrogen-bond donors (Lipinski definition) is 1. The van der Waals surface area contributed by atoms with Gasteiger partial charge in [0.05, 0.1) is 31.2 Å². The molecule has 1 amide bonds. The van der Waals surface area contributed by atoms with Gasteiger partial charge in [0.1, 0.15) is 15.7 Å². The van der Waals surface area contributed by atoms with Gasteiger partial charge in [-0.15, -0.1) is 4.36 Å². The van der Waals surface area contributed by atoms with Gasteiger partial charge in [-0.25, -0.2) is 8.93 Å². The number of aromatic nitrogens is 2. The molecule has 2 aliphatic heterocycles. The summed E-state index contributed by atoms with van der Waals surface area (Å²) in [4.78, 5) is 16.5. The maximum atomic E-state index is 14.6. The van der Waals surface area contributed by atoms with E-state index in [1.165, 1.54) is 24.0 Å². The predicted molar refractivity (Wildman–Crippen MR) is 206 cm³/mol. The topological polar surface area (TPSA) is 98.1 Å². The average molecular weight is 746 g/mol. The van der Waals surface area contributed by atoms with Crippen molar-refractivity contribution >= 4 is 33.1 Å². The summed E-state index contributed by atoms with van der Waals surface area (Å²) in [5.74, 6) is 2.10. The minimum atomic E-state index is -3.13. The van der Waals surface area contributed by atoms with E-state index in [0.717, 1.165) is 86.8 Å². The summed E-state index contributed by atoms with van der Waals surface area (Å²) in [5, 5.41) is 5.14. The number of anilines is 1. The van der Waals surface area contributed by atoms with Crippen LogP contribution in [-0.4, -0.2) is 58.1 Å². The second-order valence-corrected chi connectivity index (χ2v) is 18.5. The lowest BCUT2D eigenvalue weighted by molar-refractivity contribution is -0.0182. The monoisotopic (exact) mass is 745 g/mol. The number of amides is 1. The number of carbonyl (C=O) groups is 1. The molecule has 52 heavy (non-hydrogen) atoms. The van der Waals surface area contributed by atoms with E-state index >= 15 is 0 Å². The van der Waals surface area contributed by atoms with Crippen molar-refractivity contribution in [1.82, 2.24) is 14.5 Å². The molecule has 0 saturated heterocycles. The molecule has 1 spiro atoms. The molecule has 1 aromatic heterocycles. The van der Waals surface area contributed by atoms with E-state index in [0.29, 0.717) is 36.5 Å². The molecule has 11 heteroatoms. The molecule has 0 radical (unpaired) electrons. The van der Waals surface area contributed by atoms with Crippen LogP contribution in [0.1, 0.15) is 85.8 Å². The average Bonchev–Trinajstić information content (AvgIpc) is 3.86. The van der Waals surface area contributed by atoms with Crippen molar-refractivity contribution in [3.05, 3.63) is 88.2 Å². The quantitative estimate of drug-likeness (QED) is 0.249. The van der Waals surface area contributed by atoms with E-state index in [-0.39, 0.29) is 23.2 Å². The number of benzene rings is 2. The Morgan fingerprint density at radius 1 is 1.15 bits per heavy atom. The number of fused-ring (bicyclic) bond motifs is 4. The van der Waals surface area contributed by atoms with Gasteiger partial charge in [0.25, 0.3) is 5.91 Å². The van der Waals surface area contributed by atoms with E-state index in [2.05, 4.69) is 50.3 Å². The van der Waals surface area contributed by atoms with Crippen LogP contribution in [0, 0.1) is 23.7 Å². The van der Waals surface area contributed by atoms with Crippen molar-refractivity contribution < 1.29 is 18.5 Å². The second kappa shape index (κ2) is 14.9. The molecule has 3 aromatic rings. The van der Waals surface area contributed by atoms with Crippen LogP contribution >= 0.6 is 11.6 Å². The molecule has 8 rings (SSSR count). The van der Waals surface area contributed by atoms with E-state index in [1.54, 1.807) is 12.3 Å². The number of halogens is 1. The van der Waals surface area contributed by atoms with Crippen LogP contribution in [-0.2, 0) is 39.6 Å². The summed E-state index contributed by atoms with van der Waals surface area (Å²) in [7, 11) is -3.13. The number of ether oxygens (including phenoxy) is 2. The molecule has 5 aliphatic rings. The molecular weight excluding hydrogens is 694 g/mol. The van der Waals surface area contributed by atoms with Gasteiger partial charge in [0, 0.05) is 59.7 Å². The molecule has 278 valence electrons. The number of nitrogens with one attached hydrogen (secondary N) is 1. The Labute approximate surface area is 313 Å². The highest BCUT2D eigenvalue weighted by Gasteiger charge is 2.44. The maximum Gasteiger partial charge on any atom is 0.286 e. The lowest BCUT2D eigenvalue weighted by atomic mass is 9.68. The van der Waals surface area contributed by atoms with Crippen molar-refractivity contribution in [3.63, 3.8) is 0 Å². The van der Waals surface area contributed by atoms with Crippen molar-refractivity contribution in [2.75, 3.05) is 37.0 Å². The lowest BCUT2D eigenvalue weighted by Gasteiger charge is -2.46. The van der Waals surface area contributed by atoms with E-state index in [9.17, 15) is 9.00 Å². The minimum Gasteiger partial charge on any atom is -0.490 e. The van der Waals surface area contributed by atoms with Crippen molar-refractivity contribution in [2.24, 2.45) is 28.0 Å². The molecule has 2 saturated carbocycles. The SMILES string of the molecule is CCn1cc(CNS2(=O)=NC(=O)c3ccc4c(c3)N(C[C@@H]3CC[C@H]3[C@@H](OCC3CC3)/C=C/C[C@H](C)C2)C[C@@]2(CCCc3cc(Cl)ccc32)CO4)cn1. The number of rotatable bonds is 7. The first-order valence-electron chi connectivity index (χ1n) is 19.3. The molecule has 3 aliphatic carbocycles. The van der Waals surface area contributed by atoms with Gasteiger partial charge in [0.2, 0.25) is 0 Å². The smallest absolute Gasteiger partial charge is 0.286 e. The number of allylic oxidation sites excluding steroid dienone is 1. The predicted octanol–water partition coefficient (Wildman–Crippen LogP) is 7.76. The zero-order valence-corrected chi connectivity index (χ0v) is 32.0. The van der Waals surface area contributed by atoms with Crippen LogP contribution in [0.3, 0.4) is 0 Å². The van der Waals surface area contributed by atoms with Crippen molar-refractivity contribution in [3.8, 4) is 5.75 Å². The van der Waals surface area contributed by atoms with E-state index in [1.807, 2.05) is 36.0 Å². The third-order valence-corrected chi connectivity index (χ3v) is 14.3. The molecule has 3 heterocycles. The Hall–Kier alpha value is -3.18. The van der Waals surface area contributed by atoms with Gasteiger partial charge < -0.3 is 14.4 Å². The molecule has 1 N–H and O–H groups in total. The highest BCUT2D eigenvalue weighted by Crippen LogP contribution is 2.47. The third kappa shape index (κ3) is 7.72. The summed E-state index contributed by atoms with van der Waals surface area (Å²) in [5.41, 5.74) is 4.63. The van der Waals surface area contributed by atoms with Crippen molar-refractivity contribution in [1.29, 1.82) is 0 Å². The summed E-state index contributed by atoms with van der Waals surface area (Å²) in [6.07, 6.45) is 16.8. The molecular formula is C41H52ClN5O4S. The van der Waals surface area contributed by atoms with Gasteiger partial charge >= 0.3 is 0 Å². The third-order valence-electron chi connectivity index (χ3n) is 12.0. The second-order valence-electron chi connectivity index (χ2n) is 16.0. The van der Waals surface area contributed by atoms with Crippen LogP contribution in [0.2, 0.25) is 5.02 Å². The Morgan fingerprint density at radius 2 is 2.04 bits per heavy atom. The minimum absolute atomic E-state index is 0.0284. The molecule has 2 aromatic carbocycles. The highest BCUT2D eigenvalue weighted by molar-refractivity contribution is 7.92. The van der Waals surface area contributed by atoms with Gasteiger partial charge in [-0.1, -0.05) is 36.7 Å². The number of aryl methyl sites for hydroxylation is 2. The Balaban J connectivity index is 1.18. The maximum absolute atomic E-state index is 14.6. The molecule has 6 atom stereocenters. The first kappa shape index (κ1) is 35.8. The number of hydrogen-bond acceptors (Lipinski definition) is 6. The zero-order chi connectivity index (χ0) is 35.9. The summed E-state index contributed by atoms with van der Waals surface area (Å²) in [6, 6.07) is 12.0. The Morgan fingerprint density at radius 3 is 2.83 bits per heavy atom. The fourth-order valence-electron chi connectivity index (χ4n) is 8.72. The standard InChI is InChI=1S/C41H52ClN5O4S/c1-3-47-22-30(20-43-47)21-44-52(49)25-28(2)6-4-8-38(50-24-29-9-10-29)35-14-11-33(35)23-46-26-41(17-5-7-31-18-34(42)13-15-36(31)41)27-51-39-16-12-32(19-37(39)46)40(48)45-52/h4,8,12-13,15-16,18-20,22,28-29,33,35,38H,3,5-7,9-11,14,17,21,23-27H2,1-2H3,(H,44,45,48,49)/b8-4+/t28-,33-,35+,38-,41-,52?/m0/s1. The largest absolute Gasteiger partial charge is 0.490 e. The molecule has 2 fully saturated rings. The van der Waals surface area contributed by atoms with E-state index < -0.39 is 15.8 Å². The first-order valence-corrected chi connectivity index (χ1v) is 21.4. The van der Waals surface area contributed by atoms with Crippen LogP contribution < -0.4 is 14.4 Å². The first-order chi connectivity index (χ1) is 25.2. The molecule has 1 unspecified atom stereocenters. The Kier molecular flexibility index (Phi) is 10.3. The number of carbonyl (C=O) groups excluding carboxylic acids is 1. The van der Waals surface area contributed by atoms with Gasteiger partial charge in [-0.05, 0) is 123 Å². The Bertz CT molecular complexity index is 1950. The van der Waals surface area contributed by atoms with Crippen LogP contribution in [0.4, 0.5) is 5.69 Å². The fourth-order valence-corrected chi connectivity index (χ4v) is 10.8. The summed E-state index contributed by atoms with van der Waals surface area (Å²) in [6.45, 7) is 8.15. The molecule has 9 nitrogen and oxygen atoms in total. The van der Waals surface area contributed by atoms with Crippen LogP contribution in [0.15, 0.2) is 65.3 Å². The van der Waals surface area contributed by atoms with Gasteiger partial charge in [0.15, 0.2) is 0 Å². The van der Waals surface area contributed by atoms with Crippen LogP contribution in [0.5, 0.6) is 5.75 Å². The van der Waals surface area contributed by atoms with Crippen LogP contribution in [0.25, 0.3) is 0 Å². The highest BCUT2D eigenvalue weighted by atomic mass is 35.5. The number of nitrogens with zero attached hydrogens (tertiary/aromatic N) is 4. The van der Waals surface area contributed by atoms with E-state index in [4.69, 9.17) is 21.1 Å². The normalized spacial score (nSPS) is 31.1. The zero-order valence-electron chi connectivity index (χ0n) is 30.5. The van der Waals surface area contributed by atoms with Gasteiger partial charge in [-0.3, -0.25) is 9.48 Å². The molecule has 2 bridgehead atoms. The fraction of sp³-hybridized carbons (Fsp3) is 0.561. The lowest BCUT2D eigenvalue weighted by Crippen LogP contribution is -2.49.